The Kier molecular flexibility index (Phi) is 5.66. The minimum absolute atomic E-state index is 0.0662. The van der Waals surface area contributed by atoms with Crippen molar-refractivity contribution >= 4 is 11.1 Å². The van der Waals surface area contributed by atoms with Gasteiger partial charge in [-0.1, -0.05) is 60.3 Å². The molecule has 0 bridgehead atoms. The van der Waals surface area contributed by atoms with Crippen LogP contribution < -0.4 is 5.56 Å². The molecule has 1 heterocycles. The van der Waals surface area contributed by atoms with E-state index in [0.29, 0.717) is 22.3 Å². The fraction of sp³-hybridized carbons (Fsp3) is 0.304. The number of halogens is 1. The maximum absolute atomic E-state index is 13.6. The molecule has 1 fully saturated rings. The Morgan fingerprint density at radius 2 is 1.67 bits per heavy atom. The molecule has 30 heavy (non-hydrogen) atoms. The third-order valence-corrected chi connectivity index (χ3v) is 6.42. The second-order valence-electron chi connectivity index (χ2n) is 8.01. The molecule has 0 radical (unpaired) electrons. The lowest BCUT2D eigenvalue weighted by molar-refractivity contribution is 0.282. The van der Waals surface area contributed by atoms with Crippen LogP contribution in [0.15, 0.2) is 59.5 Å². The van der Waals surface area contributed by atoms with Gasteiger partial charge in [0.2, 0.25) is 0 Å². The zero-order valence-corrected chi connectivity index (χ0v) is 17.5. The Hall–Kier alpha value is -2.64. The van der Waals surface area contributed by atoms with Gasteiger partial charge < -0.3 is 4.55 Å². The van der Waals surface area contributed by atoms with Gasteiger partial charge in [0.15, 0.2) is 0 Å². The third-order valence-electron chi connectivity index (χ3n) is 5.85. The van der Waals surface area contributed by atoms with Crippen molar-refractivity contribution in [2.75, 3.05) is 0 Å². The van der Waals surface area contributed by atoms with Gasteiger partial charge in [0.25, 0.3) is 5.56 Å². The second kappa shape index (κ2) is 8.24. The lowest BCUT2D eigenvalue weighted by Crippen LogP contribution is -2.39. The Morgan fingerprint density at radius 1 is 1.07 bits per heavy atom. The van der Waals surface area contributed by atoms with E-state index in [9.17, 15) is 17.9 Å². The van der Waals surface area contributed by atoms with E-state index in [1.165, 1.54) is 12.1 Å². The fourth-order valence-corrected chi connectivity index (χ4v) is 4.68. The van der Waals surface area contributed by atoms with Crippen LogP contribution in [0.3, 0.4) is 0 Å². The van der Waals surface area contributed by atoms with Crippen LogP contribution in [0.1, 0.15) is 38.2 Å². The molecule has 0 saturated heterocycles. The maximum Gasteiger partial charge on any atom is 0.275 e. The monoisotopic (exact) mass is 425 g/mol. The SMILES string of the molecule is CC1(n2ncc(-c3ccc(CS(=O)[O-])cc3)c(-c3ccc(F)cc3)c2=O)CCCC1. The van der Waals surface area contributed by atoms with Crippen LogP contribution in [0.5, 0.6) is 0 Å². The predicted molar refractivity (Wildman–Crippen MR) is 114 cm³/mol. The van der Waals surface area contributed by atoms with Gasteiger partial charge in [0.1, 0.15) is 5.82 Å². The number of benzene rings is 2. The van der Waals surface area contributed by atoms with Gasteiger partial charge in [-0.3, -0.25) is 9.00 Å². The summed E-state index contributed by atoms with van der Waals surface area (Å²) in [6.07, 6.45) is 5.58. The van der Waals surface area contributed by atoms with Gasteiger partial charge in [-0.05, 0) is 48.6 Å². The van der Waals surface area contributed by atoms with Gasteiger partial charge in [-0.25, -0.2) is 9.07 Å². The molecule has 1 aliphatic carbocycles. The molecule has 1 atom stereocenters. The van der Waals surface area contributed by atoms with Crippen molar-refractivity contribution < 1.29 is 13.2 Å². The summed E-state index contributed by atoms with van der Waals surface area (Å²) in [5, 5.41) is 4.51. The number of hydrogen-bond donors (Lipinski definition) is 0. The first-order valence-corrected chi connectivity index (χ1v) is 11.2. The van der Waals surface area contributed by atoms with Crippen molar-refractivity contribution in [2.24, 2.45) is 0 Å². The highest BCUT2D eigenvalue weighted by Crippen LogP contribution is 2.36. The largest absolute Gasteiger partial charge is 0.772 e. The van der Waals surface area contributed by atoms with Gasteiger partial charge >= 0.3 is 0 Å². The lowest BCUT2D eigenvalue weighted by Gasteiger charge is -2.26. The number of nitrogens with zero attached hydrogens (tertiary/aromatic N) is 2. The van der Waals surface area contributed by atoms with Crippen molar-refractivity contribution in [1.29, 1.82) is 0 Å². The summed E-state index contributed by atoms with van der Waals surface area (Å²) in [4.78, 5) is 13.6. The van der Waals surface area contributed by atoms with Crippen LogP contribution in [0.25, 0.3) is 22.3 Å². The highest BCUT2D eigenvalue weighted by Gasteiger charge is 2.33. The molecule has 1 aliphatic rings. The van der Waals surface area contributed by atoms with Gasteiger partial charge in [0, 0.05) is 11.3 Å². The van der Waals surface area contributed by atoms with Crippen molar-refractivity contribution in [3.05, 3.63) is 76.5 Å². The number of rotatable bonds is 5. The van der Waals surface area contributed by atoms with Crippen LogP contribution in [-0.4, -0.2) is 18.5 Å². The van der Waals surface area contributed by atoms with E-state index in [0.717, 1.165) is 31.2 Å². The average Bonchev–Trinajstić information content (AvgIpc) is 3.16. The molecule has 1 unspecified atom stereocenters. The molecule has 1 aromatic heterocycles. The molecular formula is C23H22FN2O3S-. The predicted octanol–water partition coefficient (Wildman–Crippen LogP) is 4.38. The minimum atomic E-state index is -2.17. The van der Waals surface area contributed by atoms with Crippen LogP contribution >= 0.6 is 0 Å². The van der Waals surface area contributed by atoms with E-state index >= 15 is 0 Å². The molecule has 5 nitrogen and oxygen atoms in total. The summed E-state index contributed by atoms with van der Waals surface area (Å²) in [7, 11) is 0. The first-order valence-electron chi connectivity index (χ1n) is 9.91. The fourth-order valence-electron chi connectivity index (χ4n) is 4.22. The zero-order chi connectivity index (χ0) is 21.3. The smallest absolute Gasteiger partial charge is 0.275 e. The van der Waals surface area contributed by atoms with Crippen molar-refractivity contribution in [3.8, 4) is 22.3 Å². The summed E-state index contributed by atoms with van der Waals surface area (Å²) in [5.41, 5.74) is 2.62. The molecule has 3 aromatic rings. The summed E-state index contributed by atoms with van der Waals surface area (Å²) in [6, 6.07) is 12.9. The maximum atomic E-state index is 13.6. The number of hydrogen-bond acceptors (Lipinski definition) is 4. The van der Waals surface area contributed by atoms with E-state index in [4.69, 9.17) is 0 Å². The quantitative estimate of drug-likeness (QED) is 0.569. The molecule has 2 aromatic carbocycles. The molecule has 7 heteroatoms. The van der Waals surface area contributed by atoms with Crippen LogP contribution in [-0.2, 0) is 22.4 Å². The van der Waals surface area contributed by atoms with Gasteiger partial charge in [-0.2, -0.15) is 5.10 Å². The Morgan fingerprint density at radius 3 is 2.27 bits per heavy atom. The topological polar surface area (TPSA) is 75.0 Å². The first-order chi connectivity index (χ1) is 14.4. The van der Waals surface area contributed by atoms with E-state index in [2.05, 4.69) is 12.0 Å². The lowest BCUT2D eigenvalue weighted by atomic mass is 9.95. The standard InChI is InChI=1S/C23H23FN2O3S/c1-23(12-2-3-13-23)26-22(27)21(18-8-10-19(24)11-9-18)20(14-25-26)17-6-4-16(5-7-17)15-30(28)29/h4-11,14H,2-3,12-13,15H2,1H3,(H,28,29)/p-1. The third kappa shape index (κ3) is 4.00. The average molecular weight is 426 g/mol. The van der Waals surface area contributed by atoms with E-state index in [-0.39, 0.29) is 22.7 Å². The normalized spacial score (nSPS) is 16.5. The van der Waals surface area contributed by atoms with Crippen LogP contribution in [0.2, 0.25) is 0 Å². The molecule has 156 valence electrons. The van der Waals surface area contributed by atoms with Gasteiger partial charge in [-0.15, -0.1) is 0 Å². The molecular weight excluding hydrogens is 403 g/mol. The van der Waals surface area contributed by atoms with E-state index in [1.807, 2.05) is 0 Å². The Labute approximate surface area is 176 Å². The molecule has 4 rings (SSSR count). The molecule has 0 spiro atoms. The summed E-state index contributed by atoms with van der Waals surface area (Å²) in [6.45, 7) is 2.06. The second-order valence-corrected chi connectivity index (χ2v) is 8.90. The summed E-state index contributed by atoms with van der Waals surface area (Å²) in [5.74, 6) is -0.434. The van der Waals surface area contributed by atoms with Crippen molar-refractivity contribution in [1.82, 2.24) is 9.78 Å². The first kappa shape index (κ1) is 20.6. The van der Waals surface area contributed by atoms with Crippen LogP contribution in [0.4, 0.5) is 4.39 Å². The van der Waals surface area contributed by atoms with E-state index in [1.54, 1.807) is 47.3 Å². The minimum Gasteiger partial charge on any atom is -0.772 e. The Bertz CT molecular complexity index is 1130. The Balaban J connectivity index is 1.88. The zero-order valence-electron chi connectivity index (χ0n) is 16.6. The van der Waals surface area contributed by atoms with E-state index < -0.39 is 11.1 Å². The molecule has 1 saturated carbocycles. The molecule has 0 N–H and O–H groups in total. The van der Waals surface area contributed by atoms with Crippen molar-refractivity contribution in [2.45, 2.75) is 43.9 Å². The van der Waals surface area contributed by atoms with Crippen molar-refractivity contribution in [3.63, 3.8) is 0 Å². The highest BCUT2D eigenvalue weighted by atomic mass is 32.2. The molecule has 0 amide bonds. The summed E-state index contributed by atoms with van der Waals surface area (Å²) < 4.78 is 37.0. The summed E-state index contributed by atoms with van der Waals surface area (Å²) >= 11 is -2.17. The van der Waals surface area contributed by atoms with Gasteiger partial charge in [0.05, 0.1) is 17.3 Å². The number of aromatic nitrogens is 2. The molecule has 0 aliphatic heterocycles. The van der Waals surface area contributed by atoms with Crippen LogP contribution in [0, 0.1) is 5.82 Å². The highest BCUT2D eigenvalue weighted by molar-refractivity contribution is 7.78.